The summed E-state index contributed by atoms with van der Waals surface area (Å²) in [6, 6.07) is 5.97. The first-order valence-corrected chi connectivity index (χ1v) is 10.1. The Balaban J connectivity index is 1.84. The molecule has 4 rings (SSSR count). The van der Waals surface area contributed by atoms with Gasteiger partial charge in [0.1, 0.15) is 32.1 Å². The molecular formula is C22H22N2O7. The Bertz CT molecular complexity index is 1080. The molecule has 0 N–H and O–H groups in total. The van der Waals surface area contributed by atoms with Gasteiger partial charge in [-0.2, -0.15) is 0 Å². The summed E-state index contributed by atoms with van der Waals surface area (Å²) in [5, 5.41) is 17.2. The van der Waals surface area contributed by atoms with Crippen LogP contribution in [0.2, 0.25) is 0 Å². The number of ketones is 2. The van der Waals surface area contributed by atoms with Crippen molar-refractivity contribution in [2.75, 3.05) is 26.4 Å². The van der Waals surface area contributed by atoms with Gasteiger partial charge in [0.05, 0.1) is 17.2 Å². The lowest BCUT2D eigenvalue weighted by atomic mass is 10.0. The molecule has 9 nitrogen and oxygen atoms in total. The zero-order valence-corrected chi connectivity index (χ0v) is 17.3. The Morgan fingerprint density at radius 2 is 1.26 bits per heavy atom. The molecular weight excluding hydrogens is 404 g/mol. The van der Waals surface area contributed by atoms with Crippen molar-refractivity contribution in [3.63, 3.8) is 0 Å². The van der Waals surface area contributed by atoms with E-state index in [0.717, 1.165) is 0 Å². The number of carbonyl (C=O) groups excluding carboxylic acids is 2. The van der Waals surface area contributed by atoms with E-state index in [1.165, 1.54) is 24.3 Å². The quantitative estimate of drug-likeness (QED) is 0.292. The van der Waals surface area contributed by atoms with Crippen molar-refractivity contribution in [2.24, 2.45) is 5.11 Å². The van der Waals surface area contributed by atoms with E-state index < -0.39 is 0 Å². The van der Waals surface area contributed by atoms with Crippen LogP contribution in [0.1, 0.15) is 47.4 Å². The van der Waals surface area contributed by atoms with Gasteiger partial charge in [-0.15, -0.1) is 0 Å². The van der Waals surface area contributed by atoms with Crippen LogP contribution < -0.4 is 18.9 Å². The number of Topliss-reactive ketones (excluding diaryl/α,β-unsaturated/α-hetero) is 2. The number of benzene rings is 2. The fraction of sp³-hybridized carbons (Fsp3) is 0.364. The summed E-state index contributed by atoms with van der Waals surface area (Å²) in [4.78, 5) is 25.3. The minimum absolute atomic E-state index is 0.0147. The lowest BCUT2D eigenvalue weighted by Crippen LogP contribution is -2.17. The Morgan fingerprint density at radius 1 is 0.806 bits per heavy atom. The maximum atomic E-state index is 13.1. The molecule has 0 aliphatic carbocycles. The van der Waals surface area contributed by atoms with Gasteiger partial charge in [0.25, 0.3) is 5.69 Å². The van der Waals surface area contributed by atoms with Crippen LogP contribution in [-0.2, 0) is 0 Å². The molecule has 2 aliphatic heterocycles. The number of carbonyl (C=O) groups is 2. The van der Waals surface area contributed by atoms with Crippen LogP contribution in [0.5, 0.6) is 23.0 Å². The zero-order chi connectivity index (χ0) is 22.0. The first kappa shape index (κ1) is 20.6. The molecule has 0 saturated carbocycles. The van der Waals surface area contributed by atoms with Gasteiger partial charge in [-0.05, 0) is 10.9 Å². The number of fused-ring (bicyclic) bond motifs is 2. The van der Waals surface area contributed by atoms with Crippen molar-refractivity contribution in [1.82, 2.24) is 0 Å². The molecule has 0 radical (unpaired) electrons. The number of hydrogen-bond acceptors (Lipinski definition) is 8. The third-order valence-corrected chi connectivity index (χ3v) is 4.97. The molecule has 0 bridgehead atoms. The fourth-order valence-electron chi connectivity index (χ4n) is 3.38. The number of ether oxygens (including phenoxy) is 4. The molecule has 2 aromatic carbocycles. The average molecular weight is 426 g/mol. The number of nitrogens with zero attached hydrogens (tertiary/aromatic N) is 2. The van der Waals surface area contributed by atoms with Crippen LogP contribution in [0.3, 0.4) is 0 Å². The van der Waals surface area contributed by atoms with E-state index in [9.17, 15) is 14.8 Å². The van der Waals surface area contributed by atoms with Gasteiger partial charge in [0.2, 0.25) is 0 Å². The van der Waals surface area contributed by atoms with E-state index in [4.69, 9.17) is 18.9 Å². The molecule has 0 unspecified atom stereocenters. The van der Waals surface area contributed by atoms with Gasteiger partial charge in [-0.1, -0.05) is 13.8 Å². The molecule has 2 heterocycles. The first-order chi connectivity index (χ1) is 15.0. The lowest BCUT2D eigenvalue weighted by Gasteiger charge is -2.20. The number of hydrogen-bond donors (Lipinski definition) is 0. The predicted octanol–water partition coefficient (Wildman–Crippen LogP) is 4.34. The molecule has 0 aromatic heterocycles. The summed E-state index contributed by atoms with van der Waals surface area (Å²) in [7, 11) is 0. The summed E-state index contributed by atoms with van der Waals surface area (Å²) in [5.74, 6) is 1.16. The molecule has 2 aromatic rings. The van der Waals surface area contributed by atoms with Gasteiger partial charge in [-0.25, -0.2) is 0 Å². The molecule has 2 aliphatic rings. The van der Waals surface area contributed by atoms with Crippen molar-refractivity contribution < 1.29 is 33.4 Å². The van der Waals surface area contributed by atoms with E-state index in [0.29, 0.717) is 54.3 Å². The molecule has 162 valence electrons. The van der Waals surface area contributed by atoms with Crippen molar-refractivity contribution in [2.45, 2.75) is 26.7 Å². The largest absolute Gasteiger partial charge is 0.594 e. The second-order valence-corrected chi connectivity index (χ2v) is 6.95. The standard InChI is InChI=1S/C22H22N2O7/c1-3-17(25)13-9-19-21(30-7-5-28-19)11-15(13)23-24(27)16-12-22-20(29-6-8-31-22)10-14(16)18(26)4-2/h9-12H,3-8H2,1-2H3. The maximum absolute atomic E-state index is 13.1. The molecule has 0 spiro atoms. The summed E-state index contributed by atoms with van der Waals surface area (Å²) in [6.45, 7) is 4.84. The highest BCUT2D eigenvalue weighted by Crippen LogP contribution is 2.40. The van der Waals surface area contributed by atoms with Gasteiger partial charge in [0, 0.05) is 30.1 Å². The van der Waals surface area contributed by atoms with Gasteiger partial charge >= 0.3 is 0 Å². The van der Waals surface area contributed by atoms with Gasteiger partial charge in [-0.3, -0.25) is 9.59 Å². The minimum atomic E-state index is -0.241. The normalized spacial score (nSPS) is 14.8. The van der Waals surface area contributed by atoms with Gasteiger partial charge < -0.3 is 24.2 Å². The number of azo groups is 1. The van der Waals surface area contributed by atoms with E-state index in [-0.39, 0.29) is 46.9 Å². The molecule has 9 heteroatoms. The summed E-state index contributed by atoms with van der Waals surface area (Å²) >= 11 is 0. The Kier molecular flexibility index (Phi) is 5.75. The summed E-state index contributed by atoms with van der Waals surface area (Å²) < 4.78 is 22.2. The van der Waals surface area contributed by atoms with Crippen LogP contribution in [0.25, 0.3) is 0 Å². The van der Waals surface area contributed by atoms with Crippen LogP contribution >= 0.6 is 0 Å². The van der Waals surface area contributed by atoms with Crippen LogP contribution in [0.4, 0.5) is 11.4 Å². The van der Waals surface area contributed by atoms with Crippen molar-refractivity contribution in [3.05, 3.63) is 40.6 Å². The SMILES string of the molecule is CCC(=O)c1cc2c(cc1N=[N+]([O-])c1cc3c(cc1C(=O)CC)OCCO3)OCCO2. The highest BCUT2D eigenvalue weighted by Gasteiger charge is 2.26. The second-order valence-electron chi connectivity index (χ2n) is 6.95. The third kappa shape index (κ3) is 4.03. The Hall–Kier alpha value is -3.62. The van der Waals surface area contributed by atoms with Crippen molar-refractivity contribution in [1.29, 1.82) is 0 Å². The van der Waals surface area contributed by atoms with Gasteiger partial charge in [0.15, 0.2) is 34.6 Å². The van der Waals surface area contributed by atoms with Crippen LogP contribution in [-0.4, -0.2) is 42.9 Å². The molecule has 0 amide bonds. The molecule has 0 fully saturated rings. The fourth-order valence-corrected chi connectivity index (χ4v) is 3.38. The predicted molar refractivity (Wildman–Crippen MR) is 109 cm³/mol. The highest BCUT2D eigenvalue weighted by molar-refractivity contribution is 6.01. The number of rotatable bonds is 6. The monoisotopic (exact) mass is 426 g/mol. The maximum Gasteiger partial charge on any atom is 0.259 e. The molecule has 31 heavy (non-hydrogen) atoms. The lowest BCUT2D eigenvalue weighted by molar-refractivity contribution is -0.435. The second kappa shape index (κ2) is 8.63. The summed E-state index contributed by atoms with van der Waals surface area (Å²) in [6.07, 6.45) is 0.425. The van der Waals surface area contributed by atoms with E-state index in [2.05, 4.69) is 5.11 Å². The van der Waals surface area contributed by atoms with E-state index in [1.807, 2.05) is 0 Å². The Morgan fingerprint density at radius 3 is 1.81 bits per heavy atom. The Labute approximate surface area is 178 Å². The highest BCUT2D eigenvalue weighted by atomic mass is 16.6. The topological polar surface area (TPSA) is 109 Å². The van der Waals surface area contributed by atoms with Crippen LogP contribution in [0, 0.1) is 5.21 Å². The molecule has 0 saturated heterocycles. The van der Waals surface area contributed by atoms with Crippen molar-refractivity contribution >= 4 is 22.9 Å². The van der Waals surface area contributed by atoms with Crippen LogP contribution in [0.15, 0.2) is 29.4 Å². The smallest absolute Gasteiger partial charge is 0.259 e. The summed E-state index contributed by atoms with van der Waals surface area (Å²) in [5.41, 5.74) is 0.566. The zero-order valence-electron chi connectivity index (χ0n) is 17.3. The molecule has 0 atom stereocenters. The average Bonchev–Trinajstić information content (AvgIpc) is 2.81. The first-order valence-electron chi connectivity index (χ1n) is 10.1. The third-order valence-electron chi connectivity index (χ3n) is 4.97. The van der Waals surface area contributed by atoms with E-state index in [1.54, 1.807) is 13.8 Å². The van der Waals surface area contributed by atoms with E-state index >= 15 is 0 Å². The minimum Gasteiger partial charge on any atom is -0.594 e. The van der Waals surface area contributed by atoms with Crippen molar-refractivity contribution in [3.8, 4) is 23.0 Å².